The quantitative estimate of drug-likeness (QED) is 0.188. The van der Waals surface area contributed by atoms with Gasteiger partial charge in [-0.15, -0.1) is 0 Å². The monoisotopic (exact) mass is 592 g/mol. The molecule has 1 aliphatic rings. The first-order valence-electron chi connectivity index (χ1n) is 14.9. The first-order chi connectivity index (χ1) is 21.5. The first kappa shape index (κ1) is 29.2. The van der Waals surface area contributed by atoms with Gasteiger partial charge in [-0.1, -0.05) is 44.2 Å². The molecule has 0 radical (unpaired) electrons. The number of amides is 1. The topological polar surface area (TPSA) is 90.0 Å². The molecule has 0 N–H and O–H groups in total. The Labute approximate surface area is 256 Å². The second-order valence-corrected chi connectivity index (χ2v) is 10.7. The van der Waals surface area contributed by atoms with Crippen LogP contribution in [0.4, 0.5) is 0 Å². The number of ether oxygens (including phenoxy) is 2. The molecule has 1 atom stereocenters. The fourth-order valence-corrected chi connectivity index (χ4v) is 6.03. The van der Waals surface area contributed by atoms with Gasteiger partial charge in [0.2, 0.25) is 5.76 Å². The maximum Gasteiger partial charge on any atom is 0.290 e. The van der Waals surface area contributed by atoms with Crippen LogP contribution in [0.5, 0.6) is 11.5 Å². The van der Waals surface area contributed by atoms with Gasteiger partial charge in [-0.2, -0.15) is 5.10 Å². The van der Waals surface area contributed by atoms with Gasteiger partial charge < -0.3 is 23.7 Å². The Hall–Kier alpha value is -4.89. The van der Waals surface area contributed by atoms with E-state index in [9.17, 15) is 9.59 Å². The van der Waals surface area contributed by atoms with Gasteiger partial charge in [0.1, 0.15) is 5.58 Å². The van der Waals surface area contributed by atoms with Crippen LogP contribution in [0, 0.1) is 0 Å². The number of carbonyl (C=O) groups excluding carboxylic acids is 1. The zero-order valence-corrected chi connectivity index (χ0v) is 25.4. The van der Waals surface area contributed by atoms with E-state index in [2.05, 4.69) is 18.7 Å². The number of fused-ring (bicyclic) bond motifs is 2. The Morgan fingerprint density at radius 1 is 0.909 bits per heavy atom. The fraction of sp³-hybridized carbons (Fsp3) is 0.286. The van der Waals surface area contributed by atoms with Gasteiger partial charge in [-0.05, 0) is 68.5 Å². The van der Waals surface area contributed by atoms with Crippen LogP contribution in [-0.4, -0.2) is 65.9 Å². The average Bonchev–Trinajstić information content (AvgIpc) is 3.62. The Bertz CT molecular complexity index is 1860. The van der Waals surface area contributed by atoms with Gasteiger partial charge in [-0.3, -0.25) is 9.59 Å². The van der Waals surface area contributed by atoms with E-state index in [0.29, 0.717) is 40.3 Å². The zero-order valence-electron chi connectivity index (χ0n) is 25.4. The first-order valence-corrected chi connectivity index (χ1v) is 14.9. The number of aromatic nitrogens is 2. The molecule has 0 aliphatic carbocycles. The summed E-state index contributed by atoms with van der Waals surface area (Å²) in [5.41, 5.74) is 3.49. The third kappa shape index (κ3) is 5.13. The molecule has 0 saturated heterocycles. The van der Waals surface area contributed by atoms with Crippen LogP contribution < -0.4 is 14.9 Å². The van der Waals surface area contributed by atoms with Crippen LogP contribution >= 0.6 is 0 Å². The Morgan fingerprint density at radius 2 is 1.64 bits per heavy atom. The van der Waals surface area contributed by atoms with Crippen molar-refractivity contribution >= 4 is 16.9 Å². The van der Waals surface area contributed by atoms with Gasteiger partial charge in [0, 0.05) is 23.9 Å². The molecule has 0 spiro atoms. The molecular weight excluding hydrogens is 556 g/mol. The van der Waals surface area contributed by atoms with Crippen LogP contribution in [0.1, 0.15) is 48.0 Å². The highest BCUT2D eigenvalue weighted by Crippen LogP contribution is 2.43. The molecule has 5 aromatic rings. The Morgan fingerprint density at radius 3 is 2.36 bits per heavy atom. The van der Waals surface area contributed by atoms with Crippen LogP contribution in [0.3, 0.4) is 0 Å². The summed E-state index contributed by atoms with van der Waals surface area (Å²) in [5, 5.41) is 5.47. The number of benzene rings is 3. The van der Waals surface area contributed by atoms with E-state index >= 15 is 0 Å². The predicted octanol–water partition coefficient (Wildman–Crippen LogP) is 5.94. The maximum absolute atomic E-state index is 14.2. The molecule has 226 valence electrons. The van der Waals surface area contributed by atoms with Crippen molar-refractivity contribution in [3.63, 3.8) is 0 Å². The van der Waals surface area contributed by atoms with Crippen molar-refractivity contribution in [2.45, 2.75) is 26.3 Å². The van der Waals surface area contributed by atoms with Crippen LogP contribution in [0.25, 0.3) is 27.9 Å². The lowest BCUT2D eigenvalue weighted by Gasteiger charge is -2.26. The zero-order chi connectivity index (χ0) is 30.8. The highest BCUT2D eigenvalue weighted by molar-refractivity contribution is 5.99. The summed E-state index contributed by atoms with van der Waals surface area (Å²) in [7, 11) is 3.18. The van der Waals surface area contributed by atoms with Gasteiger partial charge in [0.05, 0.1) is 42.6 Å². The van der Waals surface area contributed by atoms with Crippen molar-refractivity contribution < 1.29 is 18.7 Å². The molecule has 6 rings (SSSR count). The second kappa shape index (κ2) is 12.4. The summed E-state index contributed by atoms with van der Waals surface area (Å²) in [4.78, 5) is 32.4. The third-order valence-corrected chi connectivity index (χ3v) is 8.36. The standard InChI is InChI=1S/C35H36N4O5/c1-5-37(6-2)19-12-20-38-32(30-33(40)25-15-10-11-16-27(25)44-34(30)35(38)41)26-22-39(24-13-8-7-9-14-24)36-31(26)23-17-18-28(42-3)29(21-23)43-4/h7-11,13-18,21-22,32H,5-6,12,19-20H2,1-4H3. The molecule has 3 aromatic carbocycles. The lowest BCUT2D eigenvalue weighted by Crippen LogP contribution is -2.33. The molecule has 0 fully saturated rings. The number of para-hydroxylation sites is 2. The van der Waals surface area contributed by atoms with E-state index in [4.69, 9.17) is 19.0 Å². The summed E-state index contributed by atoms with van der Waals surface area (Å²) in [6.07, 6.45) is 2.66. The molecule has 9 heteroatoms. The van der Waals surface area contributed by atoms with E-state index < -0.39 is 6.04 Å². The third-order valence-electron chi connectivity index (χ3n) is 8.36. The molecule has 0 bridgehead atoms. The molecular formula is C35H36N4O5. The SMILES string of the molecule is CCN(CC)CCCN1C(=O)c2oc3ccccc3c(=O)c2C1c1cn(-c2ccccc2)nc1-c1ccc(OC)c(OC)c1. The molecule has 3 heterocycles. The van der Waals surface area contributed by atoms with Crippen LogP contribution in [-0.2, 0) is 0 Å². The van der Waals surface area contributed by atoms with E-state index in [1.54, 1.807) is 42.0 Å². The lowest BCUT2D eigenvalue weighted by atomic mass is 9.96. The van der Waals surface area contributed by atoms with E-state index in [0.717, 1.165) is 42.9 Å². The number of carbonyl (C=O) groups is 1. The minimum atomic E-state index is -0.699. The molecule has 1 unspecified atom stereocenters. The highest BCUT2D eigenvalue weighted by atomic mass is 16.5. The van der Waals surface area contributed by atoms with Gasteiger partial charge >= 0.3 is 0 Å². The van der Waals surface area contributed by atoms with E-state index in [1.165, 1.54) is 0 Å². The largest absolute Gasteiger partial charge is 0.493 e. The van der Waals surface area contributed by atoms with Crippen molar-refractivity contribution in [2.24, 2.45) is 0 Å². The Kier molecular flexibility index (Phi) is 8.21. The number of nitrogens with zero attached hydrogens (tertiary/aromatic N) is 4. The minimum absolute atomic E-state index is 0.0901. The van der Waals surface area contributed by atoms with Crippen LogP contribution in [0.2, 0.25) is 0 Å². The summed E-state index contributed by atoms with van der Waals surface area (Å²) >= 11 is 0. The van der Waals surface area contributed by atoms with Crippen molar-refractivity contribution in [2.75, 3.05) is 40.4 Å². The van der Waals surface area contributed by atoms with Crippen molar-refractivity contribution in [3.8, 4) is 28.4 Å². The fourth-order valence-electron chi connectivity index (χ4n) is 6.03. The van der Waals surface area contributed by atoms with Crippen molar-refractivity contribution in [3.05, 3.63) is 106 Å². The molecule has 44 heavy (non-hydrogen) atoms. The number of hydrogen-bond donors (Lipinski definition) is 0. The molecule has 1 aliphatic heterocycles. The minimum Gasteiger partial charge on any atom is -0.493 e. The predicted molar refractivity (Wildman–Crippen MR) is 170 cm³/mol. The molecule has 1 amide bonds. The number of rotatable bonds is 11. The Balaban J connectivity index is 1.57. The normalized spacial score (nSPS) is 14.4. The average molecular weight is 593 g/mol. The summed E-state index contributed by atoms with van der Waals surface area (Å²) in [5.74, 6) is 0.937. The van der Waals surface area contributed by atoms with E-state index in [1.807, 2.05) is 60.8 Å². The van der Waals surface area contributed by atoms with Crippen molar-refractivity contribution in [1.29, 1.82) is 0 Å². The molecule has 2 aromatic heterocycles. The van der Waals surface area contributed by atoms with Gasteiger partial charge in [0.15, 0.2) is 16.9 Å². The lowest BCUT2D eigenvalue weighted by molar-refractivity contribution is 0.0720. The summed E-state index contributed by atoms with van der Waals surface area (Å²) in [6.45, 7) is 7.38. The number of hydrogen-bond acceptors (Lipinski definition) is 7. The smallest absolute Gasteiger partial charge is 0.290 e. The summed E-state index contributed by atoms with van der Waals surface area (Å²) < 4.78 is 19.1. The molecule has 9 nitrogen and oxygen atoms in total. The highest BCUT2D eigenvalue weighted by Gasteiger charge is 2.44. The maximum atomic E-state index is 14.2. The second-order valence-electron chi connectivity index (χ2n) is 10.7. The number of methoxy groups -OCH3 is 2. The van der Waals surface area contributed by atoms with Crippen molar-refractivity contribution in [1.82, 2.24) is 19.6 Å². The van der Waals surface area contributed by atoms with Gasteiger partial charge in [-0.25, -0.2) is 4.68 Å². The summed E-state index contributed by atoms with van der Waals surface area (Å²) in [6, 6.07) is 21.8. The van der Waals surface area contributed by atoms with Gasteiger partial charge in [0.25, 0.3) is 5.91 Å². The molecule has 0 saturated carbocycles. The van der Waals surface area contributed by atoms with Crippen LogP contribution in [0.15, 0.2) is 88.2 Å². The van der Waals surface area contributed by atoms with E-state index in [-0.39, 0.29) is 17.1 Å².